The van der Waals surface area contributed by atoms with Crippen molar-refractivity contribution in [3.63, 3.8) is 0 Å². The van der Waals surface area contributed by atoms with Gasteiger partial charge in [0.25, 0.3) is 0 Å². The standard InChI is InChI=1S/C19H23NO2S2/c1-13(2)15-4-6-16(7-5-15)23-12-18(22)19-9-8-17(24-19)10-11-20-14(3)21/h4-9,13H,10-12H2,1-3H3,(H,20,21). The molecule has 0 radical (unpaired) electrons. The van der Waals surface area contributed by atoms with E-state index in [9.17, 15) is 9.59 Å². The van der Waals surface area contributed by atoms with Gasteiger partial charge in [-0.2, -0.15) is 0 Å². The zero-order valence-corrected chi connectivity index (χ0v) is 15.9. The second kappa shape index (κ2) is 9.04. The fraction of sp³-hybridized carbons (Fsp3) is 0.368. The highest BCUT2D eigenvalue weighted by Gasteiger charge is 2.10. The highest BCUT2D eigenvalue weighted by molar-refractivity contribution is 8.00. The Kier molecular flexibility index (Phi) is 7.06. The first-order chi connectivity index (χ1) is 11.5. The molecule has 0 unspecified atom stereocenters. The summed E-state index contributed by atoms with van der Waals surface area (Å²) in [7, 11) is 0. The SMILES string of the molecule is CC(=O)NCCc1ccc(C(=O)CSc2ccc(C(C)C)cc2)s1. The molecule has 1 amide bonds. The van der Waals surface area contributed by atoms with Crippen LogP contribution in [0.4, 0.5) is 0 Å². The third-order valence-corrected chi connectivity index (χ3v) is 5.80. The molecule has 1 aromatic carbocycles. The van der Waals surface area contributed by atoms with Crippen LogP contribution >= 0.6 is 23.1 Å². The summed E-state index contributed by atoms with van der Waals surface area (Å²) in [6.07, 6.45) is 0.765. The van der Waals surface area contributed by atoms with Gasteiger partial charge in [-0.15, -0.1) is 23.1 Å². The van der Waals surface area contributed by atoms with Crippen molar-refractivity contribution in [2.24, 2.45) is 0 Å². The van der Waals surface area contributed by atoms with Gasteiger partial charge in [-0.3, -0.25) is 9.59 Å². The average molecular weight is 362 g/mol. The Bertz CT molecular complexity index is 690. The van der Waals surface area contributed by atoms with E-state index in [4.69, 9.17) is 0 Å². The van der Waals surface area contributed by atoms with Crippen molar-refractivity contribution in [1.29, 1.82) is 0 Å². The van der Waals surface area contributed by atoms with Crippen LogP contribution in [-0.4, -0.2) is 24.0 Å². The van der Waals surface area contributed by atoms with Crippen molar-refractivity contribution in [2.75, 3.05) is 12.3 Å². The molecular weight excluding hydrogens is 338 g/mol. The van der Waals surface area contributed by atoms with E-state index in [1.165, 1.54) is 23.8 Å². The van der Waals surface area contributed by atoms with Gasteiger partial charge in [-0.1, -0.05) is 26.0 Å². The second-order valence-corrected chi connectivity index (χ2v) is 8.15. The molecule has 0 atom stereocenters. The Morgan fingerprint density at radius 3 is 2.46 bits per heavy atom. The number of benzene rings is 1. The first kappa shape index (κ1) is 18.7. The van der Waals surface area contributed by atoms with Gasteiger partial charge >= 0.3 is 0 Å². The third-order valence-electron chi connectivity index (χ3n) is 3.60. The number of hydrogen-bond acceptors (Lipinski definition) is 4. The van der Waals surface area contributed by atoms with Crippen LogP contribution in [0.3, 0.4) is 0 Å². The molecule has 2 rings (SSSR count). The molecule has 1 heterocycles. The van der Waals surface area contributed by atoms with E-state index in [0.29, 0.717) is 18.2 Å². The summed E-state index contributed by atoms with van der Waals surface area (Å²) in [5.74, 6) is 1.10. The maximum absolute atomic E-state index is 12.3. The molecule has 0 spiro atoms. The van der Waals surface area contributed by atoms with E-state index in [2.05, 4.69) is 43.4 Å². The predicted octanol–water partition coefficient (Wildman–Crippen LogP) is 4.53. The van der Waals surface area contributed by atoms with Gasteiger partial charge in [0.1, 0.15) is 0 Å². The van der Waals surface area contributed by atoms with Crippen molar-refractivity contribution >= 4 is 34.8 Å². The first-order valence-corrected chi connectivity index (χ1v) is 9.85. The number of ketones is 1. The molecule has 3 nitrogen and oxygen atoms in total. The topological polar surface area (TPSA) is 46.2 Å². The summed E-state index contributed by atoms with van der Waals surface area (Å²) in [5.41, 5.74) is 1.31. The Morgan fingerprint density at radius 1 is 1.12 bits per heavy atom. The molecule has 0 fully saturated rings. The van der Waals surface area contributed by atoms with Gasteiger partial charge < -0.3 is 5.32 Å². The van der Waals surface area contributed by atoms with E-state index in [1.807, 2.05) is 12.1 Å². The average Bonchev–Trinajstić information content (AvgIpc) is 3.01. The number of carbonyl (C=O) groups is 2. The van der Waals surface area contributed by atoms with E-state index in [1.54, 1.807) is 11.8 Å². The van der Waals surface area contributed by atoms with Crippen molar-refractivity contribution < 1.29 is 9.59 Å². The van der Waals surface area contributed by atoms with Gasteiger partial charge in [-0.05, 0) is 42.2 Å². The van der Waals surface area contributed by atoms with E-state index in [-0.39, 0.29) is 11.7 Å². The monoisotopic (exact) mass is 361 g/mol. The van der Waals surface area contributed by atoms with Gasteiger partial charge in [0.05, 0.1) is 10.6 Å². The van der Waals surface area contributed by atoms with E-state index in [0.717, 1.165) is 21.1 Å². The molecule has 0 saturated heterocycles. The van der Waals surface area contributed by atoms with Gasteiger partial charge in [-0.25, -0.2) is 0 Å². The number of amides is 1. The van der Waals surface area contributed by atoms with Crippen molar-refractivity contribution in [3.05, 3.63) is 51.7 Å². The van der Waals surface area contributed by atoms with Crippen molar-refractivity contribution in [3.8, 4) is 0 Å². The lowest BCUT2D eigenvalue weighted by atomic mass is 10.0. The minimum Gasteiger partial charge on any atom is -0.356 e. The number of Topliss-reactive ketones (excluding diaryl/α,β-unsaturated/α-hetero) is 1. The van der Waals surface area contributed by atoms with Gasteiger partial charge in [0.2, 0.25) is 5.91 Å². The molecule has 0 aliphatic rings. The maximum atomic E-state index is 12.3. The Morgan fingerprint density at radius 2 is 1.83 bits per heavy atom. The van der Waals surface area contributed by atoms with Crippen LogP contribution in [0.1, 0.15) is 46.8 Å². The molecule has 128 valence electrons. The lowest BCUT2D eigenvalue weighted by Crippen LogP contribution is -2.22. The highest BCUT2D eigenvalue weighted by atomic mass is 32.2. The zero-order valence-electron chi connectivity index (χ0n) is 14.3. The number of rotatable bonds is 8. The summed E-state index contributed by atoms with van der Waals surface area (Å²) >= 11 is 3.09. The minimum atomic E-state index is -0.0252. The molecule has 2 aromatic rings. The van der Waals surface area contributed by atoms with E-state index < -0.39 is 0 Å². The van der Waals surface area contributed by atoms with Crippen LogP contribution in [-0.2, 0) is 11.2 Å². The third kappa shape index (κ3) is 5.80. The Hall–Kier alpha value is -1.59. The van der Waals surface area contributed by atoms with Crippen LogP contribution in [0, 0.1) is 0 Å². The summed E-state index contributed by atoms with van der Waals surface area (Å²) in [4.78, 5) is 26.2. The first-order valence-electron chi connectivity index (χ1n) is 8.05. The molecule has 0 aliphatic heterocycles. The number of nitrogens with one attached hydrogen (secondary N) is 1. The lowest BCUT2D eigenvalue weighted by molar-refractivity contribution is -0.118. The zero-order chi connectivity index (χ0) is 17.5. The molecule has 0 saturated carbocycles. The van der Waals surface area contributed by atoms with Gasteiger partial charge in [0.15, 0.2) is 5.78 Å². The Labute approximate surface area is 151 Å². The second-order valence-electron chi connectivity index (χ2n) is 5.93. The number of carbonyl (C=O) groups excluding carboxylic acids is 2. The van der Waals surface area contributed by atoms with Crippen LogP contribution in [0.25, 0.3) is 0 Å². The molecule has 1 N–H and O–H groups in total. The van der Waals surface area contributed by atoms with Crippen LogP contribution in [0.2, 0.25) is 0 Å². The van der Waals surface area contributed by atoms with E-state index >= 15 is 0 Å². The quantitative estimate of drug-likeness (QED) is 0.555. The predicted molar refractivity (Wildman–Crippen MR) is 102 cm³/mol. The summed E-state index contributed by atoms with van der Waals surface area (Å²) < 4.78 is 0. The van der Waals surface area contributed by atoms with Crippen LogP contribution in [0.15, 0.2) is 41.3 Å². The molecule has 1 aromatic heterocycles. The molecule has 0 bridgehead atoms. The molecule has 0 aliphatic carbocycles. The highest BCUT2D eigenvalue weighted by Crippen LogP contribution is 2.24. The summed E-state index contributed by atoms with van der Waals surface area (Å²) in [6, 6.07) is 12.3. The number of thioether (sulfide) groups is 1. The van der Waals surface area contributed by atoms with Crippen LogP contribution in [0.5, 0.6) is 0 Å². The normalized spacial score (nSPS) is 10.8. The fourth-order valence-electron chi connectivity index (χ4n) is 2.19. The number of thiophene rings is 1. The summed E-state index contributed by atoms with van der Waals surface area (Å²) in [6.45, 7) is 6.46. The lowest BCUT2D eigenvalue weighted by Gasteiger charge is -2.06. The smallest absolute Gasteiger partial charge is 0.216 e. The summed E-state index contributed by atoms with van der Waals surface area (Å²) in [5, 5.41) is 2.77. The molecule has 5 heteroatoms. The molecule has 24 heavy (non-hydrogen) atoms. The number of hydrogen-bond donors (Lipinski definition) is 1. The van der Waals surface area contributed by atoms with Crippen molar-refractivity contribution in [2.45, 2.75) is 38.0 Å². The van der Waals surface area contributed by atoms with Gasteiger partial charge in [0, 0.05) is 23.2 Å². The maximum Gasteiger partial charge on any atom is 0.216 e. The van der Waals surface area contributed by atoms with Crippen LogP contribution < -0.4 is 5.32 Å². The minimum absolute atomic E-state index is 0.0252. The Balaban J connectivity index is 1.84. The fourth-order valence-corrected chi connectivity index (χ4v) is 4.01. The van der Waals surface area contributed by atoms with Crippen molar-refractivity contribution in [1.82, 2.24) is 5.32 Å². The molecular formula is C19H23NO2S2. The largest absolute Gasteiger partial charge is 0.356 e.